The quantitative estimate of drug-likeness (QED) is 0.570. The number of rotatable bonds is 3. The van der Waals surface area contributed by atoms with Crippen LogP contribution in [-0.2, 0) is 7.05 Å². The summed E-state index contributed by atoms with van der Waals surface area (Å²) >= 11 is 6.30. The summed E-state index contributed by atoms with van der Waals surface area (Å²) in [5.41, 5.74) is 3.26. The molecule has 8 nitrogen and oxygen atoms in total. The molecule has 0 aliphatic carbocycles. The number of aryl methyl sites for hydroxylation is 2. The highest BCUT2D eigenvalue weighted by Gasteiger charge is 2.23. The number of aromatic nitrogens is 8. The van der Waals surface area contributed by atoms with Gasteiger partial charge in [-0.1, -0.05) is 18.5 Å². The van der Waals surface area contributed by atoms with Crippen LogP contribution in [0.1, 0.15) is 36.6 Å². The van der Waals surface area contributed by atoms with Gasteiger partial charge in [0.2, 0.25) is 0 Å². The van der Waals surface area contributed by atoms with Crippen LogP contribution >= 0.6 is 11.6 Å². The Morgan fingerprint density at radius 2 is 2.00 bits per heavy atom. The molecular weight excluding hydrogens is 328 g/mol. The van der Waals surface area contributed by atoms with Crippen LogP contribution in [0.5, 0.6) is 0 Å². The molecule has 0 fully saturated rings. The summed E-state index contributed by atoms with van der Waals surface area (Å²) in [6.07, 6.45) is 4.23. The largest absolute Gasteiger partial charge is 0.257 e. The van der Waals surface area contributed by atoms with Crippen molar-refractivity contribution in [2.24, 2.45) is 7.05 Å². The van der Waals surface area contributed by atoms with Crippen LogP contribution in [0, 0.1) is 13.8 Å². The second kappa shape index (κ2) is 5.27. The van der Waals surface area contributed by atoms with Crippen molar-refractivity contribution in [3.05, 3.63) is 34.8 Å². The van der Waals surface area contributed by atoms with Gasteiger partial charge in [-0.25, -0.2) is 14.5 Å². The number of hydrogen-bond donors (Lipinski definition) is 0. The number of nitrogens with zero attached hydrogens (tertiary/aromatic N) is 8. The molecule has 124 valence electrons. The third-order valence-corrected chi connectivity index (χ3v) is 4.85. The molecule has 0 unspecified atom stereocenters. The first-order valence-electron chi connectivity index (χ1n) is 7.75. The highest BCUT2D eigenvalue weighted by Crippen LogP contribution is 2.27. The van der Waals surface area contributed by atoms with Gasteiger partial charge in [0.05, 0.1) is 28.0 Å². The Balaban J connectivity index is 1.90. The normalized spacial score (nSPS) is 13.2. The SMILES string of the molecule is CC[C@H](c1nc2c3cnn(C)c3ncn2n1)n1nc(C)c(Cl)c1C. The maximum atomic E-state index is 6.30. The summed E-state index contributed by atoms with van der Waals surface area (Å²) in [6, 6.07) is -0.0807. The molecule has 0 aromatic carbocycles. The standard InChI is InChI=1S/C15H17ClN8/c1-5-11(24-9(3)12(16)8(2)20-24)13-19-15-10-6-18-22(4)14(10)17-7-23(15)21-13/h6-7,11H,5H2,1-4H3/t11-/m1/s1. The Morgan fingerprint density at radius 3 is 2.67 bits per heavy atom. The number of halogens is 1. The van der Waals surface area contributed by atoms with Crippen LogP contribution in [-0.4, -0.2) is 39.1 Å². The topological polar surface area (TPSA) is 78.7 Å². The van der Waals surface area contributed by atoms with Gasteiger partial charge in [0.25, 0.3) is 0 Å². The van der Waals surface area contributed by atoms with Gasteiger partial charge in [-0.3, -0.25) is 9.36 Å². The minimum absolute atomic E-state index is 0.0807. The average Bonchev–Trinajstić information content (AvgIpc) is 3.22. The van der Waals surface area contributed by atoms with Gasteiger partial charge in [-0.2, -0.15) is 10.2 Å². The molecule has 4 heterocycles. The number of fused-ring (bicyclic) bond motifs is 3. The van der Waals surface area contributed by atoms with E-state index in [1.807, 2.05) is 25.6 Å². The minimum atomic E-state index is -0.0807. The van der Waals surface area contributed by atoms with E-state index in [9.17, 15) is 0 Å². The lowest BCUT2D eigenvalue weighted by atomic mass is 10.2. The maximum Gasteiger partial charge on any atom is 0.176 e. The van der Waals surface area contributed by atoms with Crippen molar-refractivity contribution < 1.29 is 0 Å². The Morgan fingerprint density at radius 1 is 1.21 bits per heavy atom. The fourth-order valence-corrected chi connectivity index (χ4v) is 3.13. The van der Waals surface area contributed by atoms with Gasteiger partial charge in [-0.05, 0) is 20.3 Å². The van der Waals surface area contributed by atoms with E-state index in [1.165, 1.54) is 0 Å². The highest BCUT2D eigenvalue weighted by molar-refractivity contribution is 6.31. The van der Waals surface area contributed by atoms with E-state index in [0.29, 0.717) is 10.8 Å². The lowest BCUT2D eigenvalue weighted by molar-refractivity contribution is 0.472. The van der Waals surface area contributed by atoms with Gasteiger partial charge in [0.1, 0.15) is 12.4 Å². The van der Waals surface area contributed by atoms with Crippen molar-refractivity contribution in [2.45, 2.75) is 33.2 Å². The smallest absolute Gasteiger partial charge is 0.176 e. The summed E-state index contributed by atoms with van der Waals surface area (Å²) in [5, 5.41) is 15.0. The van der Waals surface area contributed by atoms with E-state index in [0.717, 1.165) is 34.5 Å². The molecular formula is C15H17ClN8. The van der Waals surface area contributed by atoms with Crippen LogP contribution < -0.4 is 0 Å². The van der Waals surface area contributed by atoms with Crippen LogP contribution in [0.3, 0.4) is 0 Å². The molecule has 9 heteroatoms. The van der Waals surface area contributed by atoms with Crippen molar-refractivity contribution in [1.29, 1.82) is 0 Å². The second-order valence-corrected chi connectivity index (χ2v) is 6.22. The minimum Gasteiger partial charge on any atom is -0.257 e. The highest BCUT2D eigenvalue weighted by atomic mass is 35.5. The molecule has 0 N–H and O–H groups in total. The molecule has 24 heavy (non-hydrogen) atoms. The zero-order valence-electron chi connectivity index (χ0n) is 13.9. The Labute approximate surface area is 143 Å². The molecule has 0 amide bonds. The monoisotopic (exact) mass is 344 g/mol. The lowest BCUT2D eigenvalue weighted by Gasteiger charge is -2.13. The Hall–Kier alpha value is -2.48. The average molecular weight is 345 g/mol. The molecule has 0 radical (unpaired) electrons. The maximum absolute atomic E-state index is 6.30. The van der Waals surface area contributed by atoms with Gasteiger partial charge >= 0.3 is 0 Å². The third kappa shape index (κ3) is 2.02. The second-order valence-electron chi connectivity index (χ2n) is 5.84. The predicted molar refractivity (Wildman–Crippen MR) is 90.2 cm³/mol. The van der Waals surface area contributed by atoms with E-state index in [4.69, 9.17) is 16.6 Å². The van der Waals surface area contributed by atoms with Crippen LogP contribution in [0.25, 0.3) is 16.7 Å². The first kappa shape index (κ1) is 15.1. The lowest BCUT2D eigenvalue weighted by Crippen LogP contribution is -2.14. The summed E-state index contributed by atoms with van der Waals surface area (Å²) in [7, 11) is 1.86. The zero-order valence-corrected chi connectivity index (χ0v) is 14.7. The van der Waals surface area contributed by atoms with Crippen LogP contribution in [0.2, 0.25) is 5.02 Å². The summed E-state index contributed by atoms with van der Waals surface area (Å²) in [5.74, 6) is 0.693. The first-order chi connectivity index (χ1) is 11.5. The van der Waals surface area contributed by atoms with Crippen molar-refractivity contribution in [3.63, 3.8) is 0 Å². The van der Waals surface area contributed by atoms with Gasteiger partial charge in [0.15, 0.2) is 17.1 Å². The molecule has 1 atom stereocenters. The first-order valence-corrected chi connectivity index (χ1v) is 8.13. The Kier molecular flexibility index (Phi) is 3.31. The van der Waals surface area contributed by atoms with E-state index in [-0.39, 0.29) is 6.04 Å². The van der Waals surface area contributed by atoms with Crippen molar-refractivity contribution in [2.75, 3.05) is 0 Å². The molecule has 0 aliphatic rings. The molecule has 0 spiro atoms. The van der Waals surface area contributed by atoms with Crippen molar-refractivity contribution >= 4 is 28.3 Å². The fourth-order valence-electron chi connectivity index (χ4n) is 3.01. The summed E-state index contributed by atoms with van der Waals surface area (Å²) in [4.78, 5) is 9.13. The fraction of sp³-hybridized carbons (Fsp3) is 0.400. The predicted octanol–water partition coefficient (Wildman–Crippen LogP) is 2.48. The van der Waals surface area contributed by atoms with Gasteiger partial charge < -0.3 is 0 Å². The van der Waals surface area contributed by atoms with E-state index in [1.54, 1.807) is 21.7 Å². The van der Waals surface area contributed by atoms with E-state index >= 15 is 0 Å². The van der Waals surface area contributed by atoms with Crippen molar-refractivity contribution in [3.8, 4) is 0 Å². The van der Waals surface area contributed by atoms with E-state index in [2.05, 4.69) is 27.2 Å². The van der Waals surface area contributed by atoms with Crippen molar-refractivity contribution in [1.82, 2.24) is 39.1 Å². The molecule has 0 saturated heterocycles. The Bertz CT molecular complexity index is 1060. The molecule has 0 aliphatic heterocycles. The molecule has 0 bridgehead atoms. The molecule has 0 saturated carbocycles. The molecule has 4 aromatic rings. The third-order valence-electron chi connectivity index (χ3n) is 4.30. The molecule has 4 aromatic heterocycles. The molecule has 4 rings (SSSR count). The van der Waals surface area contributed by atoms with Crippen LogP contribution in [0.4, 0.5) is 0 Å². The van der Waals surface area contributed by atoms with Gasteiger partial charge in [-0.15, -0.1) is 5.10 Å². The summed E-state index contributed by atoms with van der Waals surface area (Å²) in [6.45, 7) is 5.94. The summed E-state index contributed by atoms with van der Waals surface area (Å²) < 4.78 is 5.32. The zero-order chi connectivity index (χ0) is 17.0. The van der Waals surface area contributed by atoms with E-state index < -0.39 is 0 Å². The number of hydrogen-bond acceptors (Lipinski definition) is 5. The van der Waals surface area contributed by atoms with Crippen LogP contribution in [0.15, 0.2) is 12.5 Å². The van der Waals surface area contributed by atoms with Gasteiger partial charge in [0, 0.05) is 7.05 Å².